The van der Waals surface area contributed by atoms with Gasteiger partial charge in [-0.2, -0.15) is 0 Å². The van der Waals surface area contributed by atoms with Crippen LogP contribution in [0.1, 0.15) is 13.8 Å². The molecule has 0 aliphatic carbocycles. The third kappa shape index (κ3) is 5.39. The summed E-state index contributed by atoms with van der Waals surface area (Å²) in [5.41, 5.74) is 5.75. The Morgan fingerprint density at radius 3 is 2.07 bits per heavy atom. The number of sulfonamides is 1. The van der Waals surface area contributed by atoms with Gasteiger partial charge in [-0.25, -0.2) is 13.6 Å². The molecule has 0 fully saturated rings. The molecule has 0 aromatic rings. The molecule has 80 valence electrons. The monoisotopic (exact) mass is 218 g/mol. The molecule has 5 N–H and O–H groups in total. The summed E-state index contributed by atoms with van der Waals surface area (Å²) in [6.45, 7) is 2.95. The van der Waals surface area contributed by atoms with Crippen molar-refractivity contribution in [2.75, 3.05) is 0 Å². The van der Waals surface area contributed by atoms with Crippen LogP contribution in [-0.2, 0) is 10.0 Å². The predicted molar refractivity (Wildman–Crippen MR) is 55.5 cm³/mol. The predicted octanol–water partition coefficient (Wildman–Crippen LogP) is 0.483. The first kappa shape index (κ1) is 12.7. The molecule has 0 saturated carbocycles. The zero-order valence-electron chi connectivity index (χ0n) is 8.06. The highest BCUT2D eigenvalue weighted by Gasteiger charge is 2.08. The first-order valence-corrected chi connectivity index (χ1v) is 5.32. The Bertz CT molecular complexity index is 383. The van der Waals surface area contributed by atoms with E-state index < -0.39 is 10.0 Å². The molecule has 0 aromatic heterocycles. The zero-order valence-corrected chi connectivity index (χ0v) is 8.88. The second kappa shape index (κ2) is 4.83. The third-order valence-corrected chi connectivity index (χ3v) is 2.10. The van der Waals surface area contributed by atoms with Crippen molar-refractivity contribution >= 4 is 10.0 Å². The Morgan fingerprint density at radius 1 is 1.29 bits per heavy atom. The summed E-state index contributed by atoms with van der Waals surface area (Å²) in [7, 11) is -3.83. The molecule has 0 unspecified atom stereocenters. The van der Waals surface area contributed by atoms with E-state index in [1.54, 1.807) is 6.92 Å². The molecule has 0 rings (SSSR count). The van der Waals surface area contributed by atoms with Gasteiger partial charge in [-0.15, -0.1) is 0 Å². The van der Waals surface area contributed by atoms with E-state index in [0.717, 1.165) is 6.08 Å². The van der Waals surface area contributed by atoms with Crippen LogP contribution in [0.3, 0.4) is 0 Å². The Balaban J connectivity index is 5.25. The molecule has 14 heavy (non-hydrogen) atoms. The number of primary sulfonamides is 1. The summed E-state index contributed by atoms with van der Waals surface area (Å²) >= 11 is 0. The minimum absolute atomic E-state index is 0.145. The standard InChI is InChI=1S/C8H14N2O3S/c1-6(9)3-4-8(5-7(2)11)14(10,12)13/h3-5,11H,9H2,1-2H3,(H2,10,12,13). The van der Waals surface area contributed by atoms with Crippen molar-refractivity contribution in [2.45, 2.75) is 13.8 Å². The van der Waals surface area contributed by atoms with Gasteiger partial charge in [-0.05, 0) is 32.1 Å². The summed E-state index contributed by atoms with van der Waals surface area (Å²) < 4.78 is 21.9. The quantitative estimate of drug-likeness (QED) is 0.473. The lowest BCUT2D eigenvalue weighted by atomic mass is 10.3. The van der Waals surface area contributed by atoms with Gasteiger partial charge < -0.3 is 10.8 Å². The molecular weight excluding hydrogens is 204 g/mol. The van der Waals surface area contributed by atoms with Gasteiger partial charge in [-0.3, -0.25) is 0 Å². The smallest absolute Gasteiger partial charge is 0.238 e. The number of hydrogen-bond donors (Lipinski definition) is 3. The van der Waals surface area contributed by atoms with Gasteiger partial charge in [0.1, 0.15) is 0 Å². The highest BCUT2D eigenvalue weighted by atomic mass is 32.2. The summed E-state index contributed by atoms with van der Waals surface area (Å²) in [5, 5.41) is 13.8. The minimum Gasteiger partial charge on any atom is -0.513 e. The largest absolute Gasteiger partial charge is 0.513 e. The zero-order chi connectivity index (χ0) is 11.4. The summed E-state index contributed by atoms with van der Waals surface area (Å²) in [6, 6.07) is 0. The van der Waals surface area contributed by atoms with Crippen LogP contribution in [0.25, 0.3) is 0 Å². The lowest BCUT2D eigenvalue weighted by Crippen LogP contribution is -2.13. The molecule has 0 radical (unpaired) electrons. The summed E-state index contributed by atoms with van der Waals surface area (Å²) in [6.07, 6.45) is 3.67. The van der Waals surface area contributed by atoms with E-state index in [9.17, 15) is 8.42 Å². The normalized spacial score (nSPS) is 15.8. The molecule has 0 aliphatic heterocycles. The van der Waals surface area contributed by atoms with E-state index in [-0.39, 0.29) is 10.7 Å². The van der Waals surface area contributed by atoms with Crippen molar-refractivity contribution in [2.24, 2.45) is 10.9 Å². The summed E-state index contributed by atoms with van der Waals surface area (Å²) in [4.78, 5) is -0.192. The van der Waals surface area contributed by atoms with E-state index in [2.05, 4.69) is 0 Å². The topological polar surface area (TPSA) is 106 Å². The molecule has 0 spiro atoms. The van der Waals surface area contributed by atoms with Crippen molar-refractivity contribution in [1.29, 1.82) is 0 Å². The molecule has 5 nitrogen and oxygen atoms in total. The second-order valence-electron chi connectivity index (χ2n) is 2.81. The minimum atomic E-state index is -3.83. The van der Waals surface area contributed by atoms with Crippen molar-refractivity contribution in [3.05, 3.63) is 34.6 Å². The first-order valence-electron chi connectivity index (χ1n) is 3.77. The average Bonchev–Trinajstić information content (AvgIpc) is 1.94. The Kier molecular flexibility index (Phi) is 4.39. The summed E-state index contributed by atoms with van der Waals surface area (Å²) in [5.74, 6) is -0.145. The van der Waals surface area contributed by atoms with Gasteiger partial charge in [0.25, 0.3) is 0 Å². The van der Waals surface area contributed by atoms with Crippen LogP contribution < -0.4 is 10.9 Å². The highest BCUT2D eigenvalue weighted by molar-refractivity contribution is 7.93. The molecule has 0 amide bonds. The maximum Gasteiger partial charge on any atom is 0.238 e. The number of hydrogen-bond acceptors (Lipinski definition) is 4. The fraction of sp³-hybridized carbons (Fsp3) is 0.250. The molecule has 6 heteroatoms. The Hall–Kier alpha value is -1.27. The van der Waals surface area contributed by atoms with Crippen molar-refractivity contribution in [3.63, 3.8) is 0 Å². The average molecular weight is 218 g/mol. The van der Waals surface area contributed by atoms with Crippen molar-refractivity contribution in [3.8, 4) is 0 Å². The first-order chi connectivity index (χ1) is 6.23. The van der Waals surface area contributed by atoms with E-state index in [1.807, 2.05) is 0 Å². The van der Waals surface area contributed by atoms with Gasteiger partial charge in [0, 0.05) is 5.70 Å². The van der Waals surface area contributed by atoms with Crippen LogP contribution >= 0.6 is 0 Å². The van der Waals surface area contributed by atoms with E-state index >= 15 is 0 Å². The van der Waals surface area contributed by atoms with Crippen LogP contribution in [0.4, 0.5) is 0 Å². The molecular formula is C8H14N2O3S. The number of aliphatic hydroxyl groups excluding tert-OH is 1. The van der Waals surface area contributed by atoms with Crippen molar-refractivity contribution < 1.29 is 13.5 Å². The number of allylic oxidation sites excluding steroid dienone is 5. The Labute approximate surface area is 83.5 Å². The molecule has 0 saturated heterocycles. The number of nitrogens with two attached hydrogens (primary N) is 2. The molecule has 0 aromatic carbocycles. The number of aliphatic hydroxyl groups is 1. The van der Waals surface area contributed by atoms with Crippen LogP contribution in [0, 0.1) is 0 Å². The van der Waals surface area contributed by atoms with Gasteiger partial charge in [0.15, 0.2) is 0 Å². The van der Waals surface area contributed by atoms with Gasteiger partial charge in [0.05, 0.1) is 10.7 Å². The molecule has 0 bridgehead atoms. The fourth-order valence-corrected chi connectivity index (χ4v) is 1.24. The third-order valence-electron chi connectivity index (χ3n) is 1.19. The van der Waals surface area contributed by atoms with E-state index in [1.165, 1.54) is 19.1 Å². The second-order valence-corrected chi connectivity index (χ2v) is 4.37. The lowest BCUT2D eigenvalue weighted by Gasteiger charge is -1.98. The molecule has 0 aliphatic rings. The van der Waals surface area contributed by atoms with Gasteiger partial charge in [-0.1, -0.05) is 0 Å². The van der Waals surface area contributed by atoms with E-state index in [4.69, 9.17) is 16.0 Å². The molecule has 0 heterocycles. The van der Waals surface area contributed by atoms with E-state index in [0.29, 0.717) is 5.70 Å². The Morgan fingerprint density at radius 2 is 1.79 bits per heavy atom. The van der Waals surface area contributed by atoms with Crippen molar-refractivity contribution in [1.82, 2.24) is 0 Å². The highest BCUT2D eigenvalue weighted by Crippen LogP contribution is 2.06. The maximum atomic E-state index is 11.0. The van der Waals surface area contributed by atoms with Crippen LogP contribution in [0.5, 0.6) is 0 Å². The SMILES string of the molecule is CC(N)=CC=C(C=C(C)O)S(N)(=O)=O. The number of rotatable bonds is 3. The van der Waals surface area contributed by atoms with Gasteiger partial charge in [0.2, 0.25) is 10.0 Å². The van der Waals surface area contributed by atoms with Crippen LogP contribution in [0.2, 0.25) is 0 Å². The van der Waals surface area contributed by atoms with Crippen LogP contribution in [0.15, 0.2) is 34.6 Å². The lowest BCUT2D eigenvalue weighted by molar-refractivity contribution is 0.414. The fourth-order valence-electron chi connectivity index (χ4n) is 0.645. The maximum absolute atomic E-state index is 11.0. The van der Waals surface area contributed by atoms with Crippen LogP contribution in [-0.4, -0.2) is 13.5 Å². The molecule has 0 atom stereocenters. The van der Waals surface area contributed by atoms with Gasteiger partial charge >= 0.3 is 0 Å².